The molecule has 0 aromatic carbocycles. The quantitative estimate of drug-likeness (QED) is 0.394. The first-order valence-electron chi connectivity index (χ1n) is 11.7. The SMILES string of the molecule is CCOc1cncc(-c2ccc(CC(=O)C(c3ccnc(CS(=O)(=O)C4CC4)n3)C(C)C)nc2)n1. The van der Waals surface area contributed by atoms with Gasteiger partial charge in [0.25, 0.3) is 0 Å². The van der Waals surface area contributed by atoms with Crippen molar-refractivity contribution in [1.82, 2.24) is 24.9 Å². The fraction of sp³-hybridized carbons (Fsp3) is 0.440. The van der Waals surface area contributed by atoms with Crippen LogP contribution in [0.2, 0.25) is 0 Å². The van der Waals surface area contributed by atoms with Gasteiger partial charge in [0.1, 0.15) is 17.4 Å². The molecular formula is C25H29N5O4S. The molecule has 1 saturated carbocycles. The molecule has 1 aliphatic rings. The van der Waals surface area contributed by atoms with Gasteiger partial charge in [0, 0.05) is 30.1 Å². The van der Waals surface area contributed by atoms with E-state index in [0.717, 1.165) is 5.56 Å². The number of carbonyl (C=O) groups excluding carboxylic acids is 1. The first-order chi connectivity index (χ1) is 16.8. The molecule has 1 fully saturated rings. The van der Waals surface area contributed by atoms with Crippen LogP contribution < -0.4 is 4.74 Å². The maximum absolute atomic E-state index is 13.3. The van der Waals surface area contributed by atoms with Gasteiger partial charge in [-0.2, -0.15) is 0 Å². The molecule has 0 spiro atoms. The highest BCUT2D eigenvalue weighted by atomic mass is 32.2. The molecule has 9 nitrogen and oxygen atoms in total. The number of aromatic nitrogens is 5. The minimum atomic E-state index is -3.24. The summed E-state index contributed by atoms with van der Waals surface area (Å²) in [4.78, 5) is 34.9. The van der Waals surface area contributed by atoms with E-state index in [1.807, 2.05) is 26.8 Å². The first-order valence-corrected chi connectivity index (χ1v) is 13.4. The molecule has 0 aliphatic heterocycles. The number of pyridine rings is 1. The lowest BCUT2D eigenvalue weighted by Gasteiger charge is -2.19. The summed E-state index contributed by atoms with van der Waals surface area (Å²) in [6.45, 7) is 6.28. The van der Waals surface area contributed by atoms with Crippen molar-refractivity contribution in [2.24, 2.45) is 5.92 Å². The van der Waals surface area contributed by atoms with Gasteiger partial charge in [0.05, 0.1) is 41.6 Å². The van der Waals surface area contributed by atoms with E-state index in [4.69, 9.17) is 4.74 Å². The number of carbonyl (C=O) groups is 1. The molecule has 0 N–H and O–H groups in total. The molecule has 0 saturated heterocycles. The van der Waals surface area contributed by atoms with Crippen molar-refractivity contribution in [1.29, 1.82) is 0 Å². The van der Waals surface area contributed by atoms with Crippen LogP contribution in [0, 0.1) is 5.92 Å². The topological polar surface area (TPSA) is 125 Å². The average Bonchev–Trinajstić information content (AvgIpc) is 3.66. The standard InChI is InChI=1S/C25H29N5O4S/c1-4-34-24-14-26-13-21(30-24)17-5-6-18(28-12-17)11-22(31)25(16(2)3)20-9-10-27-23(29-20)15-35(32,33)19-7-8-19/h5-6,9-10,12-14,16,19,25H,4,7-8,11,15H2,1-3H3. The Balaban J connectivity index is 1.48. The van der Waals surface area contributed by atoms with Crippen molar-refractivity contribution in [2.75, 3.05) is 6.61 Å². The van der Waals surface area contributed by atoms with Crippen LogP contribution in [-0.4, -0.2) is 51.0 Å². The number of ether oxygens (including phenoxy) is 1. The van der Waals surface area contributed by atoms with Crippen molar-refractivity contribution in [2.45, 2.75) is 57.0 Å². The minimum absolute atomic E-state index is 0.0267. The first kappa shape index (κ1) is 24.8. The Hall–Kier alpha value is -3.27. The highest BCUT2D eigenvalue weighted by Gasteiger charge is 2.36. The van der Waals surface area contributed by atoms with Crippen LogP contribution in [0.1, 0.15) is 56.7 Å². The van der Waals surface area contributed by atoms with E-state index in [2.05, 4.69) is 24.9 Å². The average molecular weight is 496 g/mol. The van der Waals surface area contributed by atoms with Gasteiger partial charge in [0.2, 0.25) is 5.88 Å². The summed E-state index contributed by atoms with van der Waals surface area (Å²) in [5.74, 6) is -0.0605. The van der Waals surface area contributed by atoms with E-state index in [9.17, 15) is 13.2 Å². The van der Waals surface area contributed by atoms with Gasteiger partial charge in [0.15, 0.2) is 9.84 Å². The fourth-order valence-electron chi connectivity index (χ4n) is 3.93. The van der Waals surface area contributed by atoms with Crippen LogP contribution in [-0.2, 0) is 26.8 Å². The van der Waals surface area contributed by atoms with Crippen molar-refractivity contribution in [3.63, 3.8) is 0 Å². The van der Waals surface area contributed by atoms with Gasteiger partial charge in [-0.3, -0.25) is 14.8 Å². The highest BCUT2D eigenvalue weighted by Crippen LogP contribution is 2.31. The summed E-state index contributed by atoms with van der Waals surface area (Å²) in [6.07, 6.45) is 7.92. The predicted molar refractivity (Wildman–Crippen MR) is 130 cm³/mol. The molecule has 3 aromatic heterocycles. The molecule has 0 amide bonds. The van der Waals surface area contributed by atoms with Gasteiger partial charge >= 0.3 is 0 Å². The zero-order valence-electron chi connectivity index (χ0n) is 20.1. The van der Waals surface area contributed by atoms with Crippen LogP contribution >= 0.6 is 0 Å². The second-order valence-corrected chi connectivity index (χ2v) is 11.3. The van der Waals surface area contributed by atoms with Crippen molar-refractivity contribution in [3.05, 3.63) is 60.2 Å². The number of hydrogen-bond acceptors (Lipinski definition) is 9. The predicted octanol–water partition coefficient (Wildman–Crippen LogP) is 3.36. The van der Waals surface area contributed by atoms with Crippen molar-refractivity contribution in [3.8, 4) is 17.1 Å². The van der Waals surface area contributed by atoms with Crippen LogP contribution in [0.3, 0.4) is 0 Å². The molecule has 1 unspecified atom stereocenters. The summed E-state index contributed by atoms with van der Waals surface area (Å²) < 4.78 is 30.1. The Morgan fingerprint density at radius 1 is 1.09 bits per heavy atom. The van der Waals surface area contributed by atoms with Crippen LogP contribution in [0.15, 0.2) is 43.0 Å². The maximum atomic E-state index is 13.3. The number of ketones is 1. The van der Waals surface area contributed by atoms with Crippen LogP contribution in [0.25, 0.3) is 11.3 Å². The summed E-state index contributed by atoms with van der Waals surface area (Å²) in [6, 6.07) is 5.34. The van der Waals surface area contributed by atoms with E-state index in [-0.39, 0.29) is 34.9 Å². The number of sulfone groups is 1. The Labute approximate surface area is 205 Å². The van der Waals surface area contributed by atoms with E-state index >= 15 is 0 Å². The zero-order chi connectivity index (χ0) is 25.0. The lowest BCUT2D eigenvalue weighted by molar-refractivity contribution is -0.120. The van der Waals surface area contributed by atoms with Crippen molar-refractivity contribution < 1.29 is 17.9 Å². The van der Waals surface area contributed by atoms with Crippen molar-refractivity contribution >= 4 is 15.6 Å². The third-order valence-corrected chi connectivity index (χ3v) is 7.95. The summed E-state index contributed by atoms with van der Waals surface area (Å²) in [5.41, 5.74) is 2.58. The lowest BCUT2D eigenvalue weighted by atomic mass is 9.86. The fourth-order valence-corrected chi connectivity index (χ4v) is 5.52. The highest BCUT2D eigenvalue weighted by molar-refractivity contribution is 7.91. The molecule has 10 heteroatoms. The summed E-state index contributed by atoms with van der Waals surface area (Å²) in [5, 5.41) is -0.279. The molecule has 1 atom stereocenters. The van der Waals surface area contributed by atoms with Crippen LogP contribution in [0.4, 0.5) is 0 Å². The Morgan fingerprint density at radius 3 is 2.54 bits per heavy atom. The molecular weight excluding hydrogens is 466 g/mol. The number of hydrogen-bond donors (Lipinski definition) is 0. The molecule has 3 aromatic rings. The normalized spacial score (nSPS) is 14.6. The minimum Gasteiger partial charge on any atom is -0.477 e. The van der Waals surface area contributed by atoms with Gasteiger partial charge in [-0.1, -0.05) is 13.8 Å². The molecule has 0 radical (unpaired) electrons. The molecule has 3 heterocycles. The maximum Gasteiger partial charge on any atom is 0.232 e. The molecule has 4 rings (SSSR count). The summed E-state index contributed by atoms with van der Waals surface area (Å²) in [7, 11) is -3.24. The van der Waals surface area contributed by atoms with Crippen LogP contribution in [0.5, 0.6) is 5.88 Å². The third kappa shape index (κ3) is 6.25. The Morgan fingerprint density at radius 2 is 1.89 bits per heavy atom. The number of Topliss-reactive ketones (excluding diaryl/α,β-unsaturated/α-hetero) is 1. The second-order valence-electron chi connectivity index (χ2n) is 8.98. The smallest absolute Gasteiger partial charge is 0.232 e. The molecule has 184 valence electrons. The number of nitrogens with zero attached hydrogens (tertiary/aromatic N) is 5. The van der Waals surface area contributed by atoms with Gasteiger partial charge < -0.3 is 4.74 Å². The van der Waals surface area contributed by atoms with E-state index < -0.39 is 15.8 Å². The molecule has 1 aliphatic carbocycles. The van der Waals surface area contributed by atoms with Gasteiger partial charge in [-0.05, 0) is 43.9 Å². The third-order valence-electron chi connectivity index (χ3n) is 5.80. The molecule has 0 bridgehead atoms. The zero-order valence-corrected chi connectivity index (χ0v) is 20.9. The van der Waals surface area contributed by atoms with E-state index in [1.165, 1.54) is 6.20 Å². The van der Waals surface area contributed by atoms with Gasteiger partial charge in [-0.25, -0.2) is 23.4 Å². The summed E-state index contributed by atoms with van der Waals surface area (Å²) >= 11 is 0. The Bertz CT molecular complexity index is 1290. The lowest BCUT2D eigenvalue weighted by Crippen LogP contribution is -2.23. The Kier molecular flexibility index (Phi) is 7.49. The second kappa shape index (κ2) is 10.6. The van der Waals surface area contributed by atoms with E-state index in [1.54, 1.807) is 30.7 Å². The largest absolute Gasteiger partial charge is 0.477 e. The van der Waals surface area contributed by atoms with Gasteiger partial charge in [-0.15, -0.1) is 0 Å². The number of rotatable bonds is 11. The van der Waals surface area contributed by atoms with E-state index in [0.29, 0.717) is 42.4 Å². The monoisotopic (exact) mass is 495 g/mol. The molecule has 35 heavy (non-hydrogen) atoms.